The summed E-state index contributed by atoms with van der Waals surface area (Å²) in [7, 11) is -4.99. The van der Waals surface area contributed by atoms with Crippen LogP contribution in [-0.2, 0) is 22.9 Å². The molecule has 11 heteroatoms. The summed E-state index contributed by atoms with van der Waals surface area (Å²) in [5.74, 6) is -0.223. The molecule has 0 heterocycles. The van der Waals surface area contributed by atoms with Crippen molar-refractivity contribution >= 4 is 23.3 Å². The first-order valence-corrected chi connectivity index (χ1v) is 10.5. The van der Waals surface area contributed by atoms with Crippen molar-refractivity contribution in [3.8, 4) is 0 Å². The van der Waals surface area contributed by atoms with Crippen LogP contribution in [0.15, 0.2) is 0 Å². The second kappa shape index (κ2) is 7.91. The molecule has 0 aliphatic heterocycles. The Hall–Kier alpha value is 0.285. The maximum Gasteiger partial charge on any atom is 0.472 e. The van der Waals surface area contributed by atoms with E-state index in [1.807, 2.05) is 7.85 Å². The lowest BCUT2D eigenvalue weighted by molar-refractivity contribution is -0.0169. The van der Waals surface area contributed by atoms with Crippen LogP contribution in [0.1, 0.15) is 26.7 Å². The highest BCUT2D eigenvalue weighted by Crippen LogP contribution is 2.52. The Morgan fingerprint density at radius 3 is 2.27 bits per heavy atom. The Labute approximate surface area is 131 Å². The summed E-state index contributed by atoms with van der Waals surface area (Å²) >= 11 is 0. The van der Waals surface area contributed by atoms with Crippen LogP contribution in [0.5, 0.6) is 0 Å². The lowest BCUT2D eigenvalue weighted by atomic mass is 9.83. The van der Waals surface area contributed by atoms with Crippen molar-refractivity contribution in [2.75, 3.05) is 13.3 Å². The molecule has 1 aliphatic rings. The smallest absolute Gasteiger partial charge is 0.379 e. The Morgan fingerprint density at radius 1 is 1.23 bits per heavy atom. The lowest BCUT2D eigenvalue weighted by Gasteiger charge is -2.27. The average Bonchev–Trinajstić information content (AvgIpc) is 2.59. The molecule has 8 nitrogen and oxygen atoms in total. The van der Waals surface area contributed by atoms with Gasteiger partial charge < -0.3 is 19.4 Å². The molecule has 5 atom stereocenters. The van der Waals surface area contributed by atoms with Crippen LogP contribution in [0.2, 0.25) is 5.82 Å². The zero-order chi connectivity index (χ0) is 17.1. The monoisotopic (exact) mass is 358 g/mol. The fraction of sp³-hybridized carbons (Fsp3) is 1.00. The van der Waals surface area contributed by atoms with Crippen LogP contribution in [0.4, 0.5) is 0 Å². The SMILES string of the molecule is B[C@@H]1C[C@H](CCP(=O)(O)O)[C@@H](OP(=O)(O)OC(C)C)[C@H]1OC. The van der Waals surface area contributed by atoms with E-state index in [0.717, 1.165) is 0 Å². The van der Waals surface area contributed by atoms with E-state index >= 15 is 0 Å². The van der Waals surface area contributed by atoms with Crippen molar-refractivity contribution in [3.05, 3.63) is 0 Å². The molecular formula is C11H25BO8P2. The van der Waals surface area contributed by atoms with Crippen LogP contribution < -0.4 is 0 Å². The van der Waals surface area contributed by atoms with E-state index in [2.05, 4.69) is 0 Å². The first-order chi connectivity index (χ1) is 9.95. The third kappa shape index (κ3) is 6.42. The number of hydrogen-bond donors (Lipinski definition) is 3. The first-order valence-electron chi connectivity index (χ1n) is 7.22. The standard InChI is InChI=1S/C11H25BO8P2/c1-7(2)19-22(16,17)20-10-8(4-5-21(13,14)15)6-9(12)11(10)18-3/h7-11H,4-6,12H2,1-3H3,(H,16,17)(H2,13,14,15)/t8-,9+,10+,11-/m0/s1. The van der Waals surface area contributed by atoms with Gasteiger partial charge >= 0.3 is 15.4 Å². The van der Waals surface area contributed by atoms with Gasteiger partial charge in [0.05, 0.1) is 24.5 Å². The summed E-state index contributed by atoms with van der Waals surface area (Å²) in [6.07, 6.45) is -1.13. The molecule has 0 bridgehead atoms. The van der Waals surface area contributed by atoms with Crippen LogP contribution in [0.25, 0.3) is 0 Å². The highest BCUT2D eigenvalue weighted by molar-refractivity contribution is 7.51. The summed E-state index contributed by atoms with van der Waals surface area (Å²) in [6, 6.07) is 0. The van der Waals surface area contributed by atoms with Crippen LogP contribution in [0.3, 0.4) is 0 Å². The topological polar surface area (TPSA) is 123 Å². The number of phosphoric ester groups is 1. The van der Waals surface area contributed by atoms with Crippen molar-refractivity contribution in [2.24, 2.45) is 5.92 Å². The van der Waals surface area contributed by atoms with E-state index in [0.29, 0.717) is 6.42 Å². The Balaban J connectivity index is 2.83. The molecule has 1 aliphatic carbocycles. The van der Waals surface area contributed by atoms with Gasteiger partial charge in [-0.15, -0.1) is 0 Å². The molecule has 1 rings (SSSR count). The van der Waals surface area contributed by atoms with Gasteiger partial charge in [0.25, 0.3) is 0 Å². The second-order valence-corrected chi connectivity index (χ2v) is 9.18. The zero-order valence-corrected chi connectivity index (χ0v) is 15.1. The van der Waals surface area contributed by atoms with E-state index < -0.39 is 33.7 Å². The number of hydrogen-bond acceptors (Lipinski definition) is 5. The van der Waals surface area contributed by atoms with E-state index in [9.17, 15) is 14.0 Å². The molecule has 1 saturated carbocycles. The number of rotatable bonds is 8. The number of methoxy groups -OCH3 is 1. The van der Waals surface area contributed by atoms with Crippen LogP contribution in [-0.4, -0.2) is 54.1 Å². The third-order valence-electron chi connectivity index (χ3n) is 3.69. The quantitative estimate of drug-likeness (QED) is 0.433. The van der Waals surface area contributed by atoms with Crippen LogP contribution >= 0.6 is 15.4 Å². The lowest BCUT2D eigenvalue weighted by Crippen LogP contribution is -2.32. The molecule has 0 aromatic rings. The van der Waals surface area contributed by atoms with Crippen LogP contribution in [0, 0.1) is 5.92 Å². The third-order valence-corrected chi connectivity index (χ3v) is 5.72. The fourth-order valence-electron chi connectivity index (χ4n) is 2.91. The summed E-state index contributed by atoms with van der Waals surface area (Å²) in [4.78, 5) is 27.8. The molecule has 130 valence electrons. The minimum absolute atomic E-state index is 0.0517. The second-order valence-electron chi connectivity index (χ2n) is 6.04. The van der Waals surface area contributed by atoms with Crippen molar-refractivity contribution in [3.63, 3.8) is 0 Å². The van der Waals surface area contributed by atoms with Crippen molar-refractivity contribution in [2.45, 2.75) is 50.8 Å². The van der Waals surface area contributed by atoms with E-state index in [1.165, 1.54) is 7.11 Å². The van der Waals surface area contributed by atoms with Gasteiger partial charge in [-0.2, -0.15) is 0 Å². The minimum Gasteiger partial charge on any atom is -0.379 e. The molecule has 0 aromatic heterocycles. The van der Waals surface area contributed by atoms with Gasteiger partial charge in [0.2, 0.25) is 0 Å². The van der Waals surface area contributed by atoms with E-state index in [1.54, 1.807) is 13.8 Å². The van der Waals surface area contributed by atoms with Gasteiger partial charge in [-0.1, -0.05) is 0 Å². The molecule has 0 radical (unpaired) electrons. The maximum absolute atomic E-state index is 12.0. The molecule has 1 unspecified atom stereocenters. The van der Waals surface area contributed by atoms with Crippen molar-refractivity contribution in [1.82, 2.24) is 0 Å². The van der Waals surface area contributed by atoms with Gasteiger partial charge in [-0.3, -0.25) is 13.6 Å². The van der Waals surface area contributed by atoms with Crippen molar-refractivity contribution < 1.29 is 37.6 Å². The Morgan fingerprint density at radius 2 is 1.82 bits per heavy atom. The average molecular weight is 358 g/mol. The molecule has 22 heavy (non-hydrogen) atoms. The van der Waals surface area contributed by atoms with Gasteiger partial charge in [-0.05, 0) is 38.4 Å². The van der Waals surface area contributed by atoms with E-state index in [-0.39, 0.29) is 24.3 Å². The van der Waals surface area contributed by atoms with Gasteiger partial charge in [-0.25, -0.2) is 4.57 Å². The van der Waals surface area contributed by atoms with Gasteiger partial charge in [0.15, 0.2) is 0 Å². The molecular weight excluding hydrogens is 333 g/mol. The molecule has 0 amide bonds. The molecule has 1 fully saturated rings. The Kier molecular flexibility index (Phi) is 7.31. The normalized spacial score (nSPS) is 32.3. The Bertz CT molecular complexity index is 453. The summed E-state index contributed by atoms with van der Waals surface area (Å²) in [5.41, 5.74) is 0. The van der Waals surface area contributed by atoms with Gasteiger partial charge in [0, 0.05) is 7.11 Å². The predicted octanol–water partition coefficient (Wildman–Crippen LogP) is 0.921. The summed E-state index contributed by atoms with van der Waals surface area (Å²) in [6.45, 7) is 3.23. The van der Waals surface area contributed by atoms with Gasteiger partial charge in [0.1, 0.15) is 7.85 Å². The molecule has 3 N–H and O–H groups in total. The summed E-state index contributed by atoms with van der Waals surface area (Å²) in [5, 5.41) is 0. The molecule has 0 spiro atoms. The largest absolute Gasteiger partial charge is 0.472 e. The fourth-order valence-corrected chi connectivity index (χ4v) is 4.76. The zero-order valence-electron chi connectivity index (χ0n) is 13.3. The first kappa shape index (κ1) is 20.3. The predicted molar refractivity (Wildman–Crippen MR) is 83.6 cm³/mol. The minimum atomic E-state index is -4.25. The highest BCUT2D eigenvalue weighted by atomic mass is 31.2. The number of phosphoric acid groups is 1. The van der Waals surface area contributed by atoms with Crippen molar-refractivity contribution in [1.29, 1.82) is 0 Å². The number of ether oxygens (including phenoxy) is 1. The molecule has 0 aromatic carbocycles. The molecule has 0 saturated heterocycles. The van der Waals surface area contributed by atoms with E-state index in [4.69, 9.17) is 23.6 Å². The highest BCUT2D eigenvalue weighted by Gasteiger charge is 2.46. The maximum atomic E-state index is 12.0. The summed E-state index contributed by atoms with van der Waals surface area (Å²) < 4.78 is 38.6.